The standard InChI is InChI=1S/C15H17FN4/c1-2-17-8-13-9-19-15(10-18-13)20-6-5-11-3-4-12(16)7-14(11)20/h3-4,7,9-10,17H,2,5-6,8H2,1H3. The van der Waals surface area contributed by atoms with Gasteiger partial charge in [-0.2, -0.15) is 0 Å². The number of nitrogens with zero attached hydrogens (tertiary/aromatic N) is 3. The van der Waals surface area contributed by atoms with Crippen LogP contribution in [-0.2, 0) is 13.0 Å². The second-order valence-electron chi connectivity index (χ2n) is 4.82. The van der Waals surface area contributed by atoms with Crippen molar-refractivity contribution in [3.05, 3.63) is 47.7 Å². The lowest BCUT2D eigenvalue weighted by Gasteiger charge is -2.18. The molecule has 1 aromatic carbocycles. The molecule has 0 aliphatic carbocycles. The number of rotatable bonds is 4. The maximum absolute atomic E-state index is 13.4. The molecule has 4 nitrogen and oxygen atoms in total. The molecule has 1 aliphatic rings. The third-order valence-corrected chi connectivity index (χ3v) is 3.47. The van der Waals surface area contributed by atoms with Crippen molar-refractivity contribution in [1.29, 1.82) is 0 Å². The SMILES string of the molecule is CCNCc1cnc(N2CCc3ccc(F)cc32)cn1. The van der Waals surface area contributed by atoms with Gasteiger partial charge in [0, 0.05) is 18.8 Å². The molecule has 20 heavy (non-hydrogen) atoms. The highest BCUT2D eigenvalue weighted by atomic mass is 19.1. The summed E-state index contributed by atoms with van der Waals surface area (Å²) < 4.78 is 13.4. The van der Waals surface area contributed by atoms with Gasteiger partial charge in [0.1, 0.15) is 5.82 Å². The lowest BCUT2D eigenvalue weighted by Crippen LogP contribution is -2.17. The Labute approximate surface area is 117 Å². The molecule has 0 saturated heterocycles. The maximum Gasteiger partial charge on any atom is 0.151 e. The van der Waals surface area contributed by atoms with Gasteiger partial charge in [-0.25, -0.2) is 9.37 Å². The first kappa shape index (κ1) is 13.0. The molecule has 104 valence electrons. The molecule has 1 N–H and O–H groups in total. The van der Waals surface area contributed by atoms with Crippen LogP contribution in [0.4, 0.5) is 15.9 Å². The van der Waals surface area contributed by atoms with Gasteiger partial charge in [0.15, 0.2) is 5.82 Å². The molecular weight excluding hydrogens is 255 g/mol. The van der Waals surface area contributed by atoms with Gasteiger partial charge in [0.25, 0.3) is 0 Å². The molecule has 2 heterocycles. The average molecular weight is 272 g/mol. The Morgan fingerprint density at radius 1 is 1.30 bits per heavy atom. The first-order chi connectivity index (χ1) is 9.78. The average Bonchev–Trinajstić information content (AvgIpc) is 2.88. The van der Waals surface area contributed by atoms with Gasteiger partial charge < -0.3 is 10.2 Å². The van der Waals surface area contributed by atoms with Crippen molar-refractivity contribution in [2.24, 2.45) is 0 Å². The van der Waals surface area contributed by atoms with Gasteiger partial charge >= 0.3 is 0 Å². The molecule has 2 aromatic rings. The van der Waals surface area contributed by atoms with E-state index in [1.807, 2.05) is 11.0 Å². The minimum absolute atomic E-state index is 0.215. The zero-order valence-corrected chi connectivity index (χ0v) is 11.4. The Balaban J connectivity index is 1.83. The van der Waals surface area contributed by atoms with Crippen LogP contribution in [0.3, 0.4) is 0 Å². The smallest absolute Gasteiger partial charge is 0.151 e. The molecule has 1 aliphatic heterocycles. The third-order valence-electron chi connectivity index (χ3n) is 3.47. The molecule has 0 atom stereocenters. The number of halogens is 1. The number of hydrogen-bond donors (Lipinski definition) is 1. The van der Waals surface area contributed by atoms with Crippen molar-refractivity contribution < 1.29 is 4.39 Å². The summed E-state index contributed by atoms with van der Waals surface area (Å²) in [6.45, 7) is 4.49. The second kappa shape index (κ2) is 5.54. The first-order valence-corrected chi connectivity index (χ1v) is 6.85. The Bertz CT molecular complexity index is 597. The summed E-state index contributed by atoms with van der Waals surface area (Å²) in [5, 5.41) is 3.21. The van der Waals surface area contributed by atoms with E-state index in [2.05, 4.69) is 22.2 Å². The minimum atomic E-state index is -0.215. The number of benzene rings is 1. The molecule has 0 unspecified atom stereocenters. The van der Waals surface area contributed by atoms with Crippen molar-refractivity contribution in [3.8, 4) is 0 Å². The van der Waals surface area contributed by atoms with Crippen LogP contribution in [0.25, 0.3) is 0 Å². The summed E-state index contributed by atoms with van der Waals surface area (Å²) in [5.41, 5.74) is 2.97. The Morgan fingerprint density at radius 2 is 2.20 bits per heavy atom. The fraction of sp³-hybridized carbons (Fsp3) is 0.333. The summed E-state index contributed by atoms with van der Waals surface area (Å²) in [6, 6.07) is 4.92. The number of aromatic nitrogens is 2. The van der Waals surface area contributed by atoms with Crippen molar-refractivity contribution in [1.82, 2.24) is 15.3 Å². The Hall–Kier alpha value is -2.01. The van der Waals surface area contributed by atoms with E-state index in [9.17, 15) is 4.39 Å². The van der Waals surface area contributed by atoms with Crippen molar-refractivity contribution in [2.75, 3.05) is 18.0 Å². The van der Waals surface area contributed by atoms with E-state index < -0.39 is 0 Å². The molecule has 0 fully saturated rings. The van der Waals surface area contributed by atoms with Crippen LogP contribution in [-0.4, -0.2) is 23.1 Å². The Morgan fingerprint density at radius 3 is 2.95 bits per heavy atom. The number of anilines is 2. The summed E-state index contributed by atoms with van der Waals surface area (Å²) in [6.07, 6.45) is 4.44. The van der Waals surface area contributed by atoms with Gasteiger partial charge in [-0.05, 0) is 30.7 Å². The zero-order valence-electron chi connectivity index (χ0n) is 11.4. The van der Waals surface area contributed by atoms with Crippen LogP contribution >= 0.6 is 0 Å². The highest BCUT2D eigenvalue weighted by Crippen LogP contribution is 2.33. The molecule has 3 rings (SSSR count). The third kappa shape index (κ3) is 2.49. The van der Waals surface area contributed by atoms with Crippen LogP contribution in [0.5, 0.6) is 0 Å². The van der Waals surface area contributed by atoms with Crippen molar-refractivity contribution >= 4 is 11.5 Å². The van der Waals surface area contributed by atoms with E-state index in [1.54, 1.807) is 18.5 Å². The predicted molar refractivity (Wildman–Crippen MR) is 76.5 cm³/mol. The van der Waals surface area contributed by atoms with E-state index >= 15 is 0 Å². The lowest BCUT2D eigenvalue weighted by atomic mass is 10.2. The Kier molecular flexibility index (Phi) is 3.60. The van der Waals surface area contributed by atoms with Crippen LogP contribution in [0, 0.1) is 5.82 Å². The van der Waals surface area contributed by atoms with E-state index in [1.165, 1.54) is 6.07 Å². The number of fused-ring (bicyclic) bond motifs is 1. The largest absolute Gasteiger partial charge is 0.324 e. The summed E-state index contributed by atoms with van der Waals surface area (Å²) >= 11 is 0. The van der Waals surface area contributed by atoms with Gasteiger partial charge in [-0.3, -0.25) is 4.98 Å². The lowest BCUT2D eigenvalue weighted by molar-refractivity contribution is 0.628. The van der Waals surface area contributed by atoms with Crippen LogP contribution < -0.4 is 10.2 Å². The van der Waals surface area contributed by atoms with Crippen molar-refractivity contribution in [2.45, 2.75) is 19.9 Å². The first-order valence-electron chi connectivity index (χ1n) is 6.85. The van der Waals surface area contributed by atoms with Gasteiger partial charge in [0.05, 0.1) is 18.1 Å². The van der Waals surface area contributed by atoms with Gasteiger partial charge in [-0.15, -0.1) is 0 Å². The van der Waals surface area contributed by atoms with E-state index in [-0.39, 0.29) is 5.82 Å². The molecule has 0 bridgehead atoms. The van der Waals surface area contributed by atoms with Gasteiger partial charge in [-0.1, -0.05) is 13.0 Å². The van der Waals surface area contributed by atoms with E-state index in [4.69, 9.17) is 0 Å². The molecular formula is C15H17FN4. The fourth-order valence-electron chi connectivity index (χ4n) is 2.42. The maximum atomic E-state index is 13.4. The monoisotopic (exact) mass is 272 g/mol. The summed E-state index contributed by atoms with van der Waals surface area (Å²) in [7, 11) is 0. The quantitative estimate of drug-likeness (QED) is 0.928. The van der Waals surface area contributed by atoms with Crippen LogP contribution in [0.1, 0.15) is 18.2 Å². The highest BCUT2D eigenvalue weighted by Gasteiger charge is 2.21. The molecule has 1 aromatic heterocycles. The molecule has 0 spiro atoms. The minimum Gasteiger partial charge on any atom is -0.324 e. The number of hydrogen-bond acceptors (Lipinski definition) is 4. The molecule has 5 heteroatoms. The highest BCUT2D eigenvalue weighted by molar-refractivity contribution is 5.67. The van der Waals surface area contributed by atoms with Gasteiger partial charge in [0.2, 0.25) is 0 Å². The zero-order chi connectivity index (χ0) is 13.9. The number of nitrogens with one attached hydrogen (secondary N) is 1. The van der Waals surface area contributed by atoms with Crippen LogP contribution in [0.15, 0.2) is 30.6 Å². The second-order valence-corrected chi connectivity index (χ2v) is 4.82. The molecule has 0 amide bonds. The predicted octanol–water partition coefficient (Wildman–Crippen LogP) is 2.42. The topological polar surface area (TPSA) is 41.1 Å². The van der Waals surface area contributed by atoms with Crippen LogP contribution in [0.2, 0.25) is 0 Å². The van der Waals surface area contributed by atoms with Crippen molar-refractivity contribution in [3.63, 3.8) is 0 Å². The summed E-state index contributed by atoms with van der Waals surface area (Å²) in [5.74, 6) is 0.557. The fourth-order valence-corrected chi connectivity index (χ4v) is 2.42. The van der Waals surface area contributed by atoms with E-state index in [0.29, 0.717) is 0 Å². The normalized spacial score (nSPS) is 13.6. The molecule has 0 radical (unpaired) electrons. The van der Waals surface area contributed by atoms with E-state index in [0.717, 1.165) is 48.8 Å². The molecule has 0 saturated carbocycles. The summed E-state index contributed by atoms with van der Waals surface area (Å²) in [4.78, 5) is 10.9.